The van der Waals surface area contributed by atoms with Gasteiger partial charge in [-0.05, 0) is 18.5 Å². The lowest BCUT2D eigenvalue weighted by atomic mass is 10.1. The van der Waals surface area contributed by atoms with Crippen LogP contribution in [0.25, 0.3) is 0 Å². The van der Waals surface area contributed by atoms with Crippen LogP contribution in [0.2, 0.25) is 8.67 Å². The second kappa shape index (κ2) is 7.58. The quantitative estimate of drug-likeness (QED) is 0.816. The summed E-state index contributed by atoms with van der Waals surface area (Å²) >= 11 is 13.8. The van der Waals surface area contributed by atoms with Gasteiger partial charge in [-0.3, -0.25) is 0 Å². The van der Waals surface area contributed by atoms with Crippen molar-refractivity contribution in [2.24, 2.45) is 5.92 Å². The monoisotopic (exact) mass is 346 g/mol. The normalized spacial score (nSPS) is 13.0. The molecule has 2 aromatic heterocycles. The zero-order chi connectivity index (χ0) is 15.4. The molecule has 4 nitrogen and oxygen atoms in total. The Labute approximate surface area is 139 Å². The molecule has 0 aliphatic carbocycles. The van der Waals surface area contributed by atoms with Gasteiger partial charge in [0.25, 0.3) is 0 Å². The Bertz CT molecular complexity index is 579. The summed E-state index contributed by atoms with van der Waals surface area (Å²) in [6.45, 7) is 8.14. The third-order valence-corrected chi connectivity index (χ3v) is 4.65. The molecule has 0 spiro atoms. The van der Waals surface area contributed by atoms with Gasteiger partial charge in [-0.25, -0.2) is 9.67 Å². The van der Waals surface area contributed by atoms with Crippen molar-refractivity contribution in [1.82, 2.24) is 20.1 Å². The maximum Gasteiger partial charge on any atom is 0.138 e. The van der Waals surface area contributed by atoms with Gasteiger partial charge in [-0.2, -0.15) is 5.10 Å². The molecule has 21 heavy (non-hydrogen) atoms. The summed E-state index contributed by atoms with van der Waals surface area (Å²) in [5.41, 5.74) is 1.03. The molecule has 116 valence electrons. The molecule has 0 saturated heterocycles. The van der Waals surface area contributed by atoms with Crippen molar-refractivity contribution in [3.05, 3.63) is 32.5 Å². The van der Waals surface area contributed by atoms with Gasteiger partial charge in [-0.15, -0.1) is 11.3 Å². The van der Waals surface area contributed by atoms with Crippen LogP contribution in [0.3, 0.4) is 0 Å². The van der Waals surface area contributed by atoms with Crippen molar-refractivity contribution in [2.45, 2.75) is 39.8 Å². The van der Waals surface area contributed by atoms with Crippen LogP contribution in [-0.2, 0) is 13.0 Å². The highest BCUT2D eigenvalue weighted by molar-refractivity contribution is 7.20. The minimum atomic E-state index is 0.0985. The van der Waals surface area contributed by atoms with Crippen LogP contribution < -0.4 is 5.32 Å². The molecule has 2 heterocycles. The Hall–Kier alpha value is -0.620. The highest BCUT2D eigenvalue weighted by Crippen LogP contribution is 2.36. The van der Waals surface area contributed by atoms with E-state index in [4.69, 9.17) is 23.2 Å². The molecule has 1 N–H and O–H groups in total. The van der Waals surface area contributed by atoms with Gasteiger partial charge in [0.15, 0.2) is 0 Å². The molecule has 0 aliphatic rings. The average molecular weight is 347 g/mol. The minimum absolute atomic E-state index is 0.0985. The molecule has 1 unspecified atom stereocenters. The van der Waals surface area contributed by atoms with E-state index in [1.165, 1.54) is 11.3 Å². The number of likely N-dealkylation sites (N-methyl/N-ethyl adjacent to an activating group) is 1. The number of halogens is 2. The summed E-state index contributed by atoms with van der Waals surface area (Å²) in [5, 5.41) is 7.77. The number of thiophene rings is 1. The molecule has 0 fully saturated rings. The number of aromatic nitrogens is 3. The van der Waals surface area contributed by atoms with Crippen molar-refractivity contribution < 1.29 is 0 Å². The third-order valence-electron chi connectivity index (χ3n) is 3.13. The first-order valence-electron chi connectivity index (χ1n) is 7.06. The van der Waals surface area contributed by atoms with E-state index >= 15 is 0 Å². The second-order valence-electron chi connectivity index (χ2n) is 5.35. The molecular weight excluding hydrogens is 327 g/mol. The first kappa shape index (κ1) is 16.7. The average Bonchev–Trinajstić information content (AvgIpc) is 2.95. The van der Waals surface area contributed by atoms with E-state index < -0.39 is 0 Å². The molecule has 0 amide bonds. The van der Waals surface area contributed by atoms with Crippen LogP contribution in [0, 0.1) is 5.92 Å². The van der Waals surface area contributed by atoms with Crippen LogP contribution in [0.5, 0.6) is 0 Å². The van der Waals surface area contributed by atoms with E-state index in [9.17, 15) is 0 Å². The van der Waals surface area contributed by atoms with E-state index in [-0.39, 0.29) is 6.04 Å². The third kappa shape index (κ3) is 4.42. The lowest BCUT2D eigenvalue weighted by Crippen LogP contribution is -2.24. The second-order valence-corrected chi connectivity index (χ2v) is 7.63. The maximum atomic E-state index is 6.29. The van der Waals surface area contributed by atoms with Gasteiger partial charge in [0.05, 0.1) is 8.67 Å². The summed E-state index contributed by atoms with van der Waals surface area (Å²) in [6.07, 6.45) is 2.36. The van der Waals surface area contributed by atoms with E-state index in [1.807, 2.05) is 10.7 Å². The van der Waals surface area contributed by atoms with Crippen molar-refractivity contribution in [3.8, 4) is 0 Å². The van der Waals surface area contributed by atoms with Crippen molar-refractivity contribution >= 4 is 34.5 Å². The van der Waals surface area contributed by atoms with Crippen LogP contribution in [0.15, 0.2) is 12.4 Å². The first-order valence-corrected chi connectivity index (χ1v) is 8.63. The molecule has 0 aliphatic heterocycles. The van der Waals surface area contributed by atoms with E-state index in [1.54, 1.807) is 6.33 Å². The fourth-order valence-electron chi connectivity index (χ4n) is 2.26. The van der Waals surface area contributed by atoms with Gasteiger partial charge in [0, 0.05) is 24.6 Å². The van der Waals surface area contributed by atoms with E-state index in [0.29, 0.717) is 10.3 Å². The van der Waals surface area contributed by atoms with Gasteiger partial charge < -0.3 is 5.32 Å². The largest absolute Gasteiger partial charge is 0.310 e. The first-order chi connectivity index (χ1) is 10.0. The number of hydrogen-bond donors (Lipinski definition) is 1. The lowest BCUT2D eigenvalue weighted by molar-refractivity contribution is 0.447. The van der Waals surface area contributed by atoms with Crippen LogP contribution in [-0.4, -0.2) is 21.3 Å². The molecule has 0 bridgehead atoms. The van der Waals surface area contributed by atoms with Gasteiger partial charge in [0.2, 0.25) is 0 Å². The standard InChI is InChI=1S/C14H20Cl2N4S/c1-4-17-11(10-5-12(15)21-14(10)16)6-13-18-8-19-20(13)7-9(2)3/h5,8-9,11,17H,4,6-7H2,1-3H3. The summed E-state index contributed by atoms with van der Waals surface area (Å²) < 4.78 is 3.42. The molecule has 2 rings (SSSR count). The van der Waals surface area contributed by atoms with E-state index in [0.717, 1.165) is 35.2 Å². The summed E-state index contributed by atoms with van der Waals surface area (Å²) in [7, 11) is 0. The zero-order valence-electron chi connectivity index (χ0n) is 12.4. The number of nitrogens with zero attached hydrogens (tertiary/aromatic N) is 3. The van der Waals surface area contributed by atoms with Gasteiger partial charge >= 0.3 is 0 Å². The Balaban J connectivity index is 2.20. The Kier molecular flexibility index (Phi) is 6.05. The fourth-order valence-corrected chi connectivity index (χ4v) is 3.84. The highest BCUT2D eigenvalue weighted by atomic mass is 35.5. The van der Waals surface area contributed by atoms with Crippen molar-refractivity contribution in [3.63, 3.8) is 0 Å². The van der Waals surface area contributed by atoms with Crippen LogP contribution >= 0.6 is 34.5 Å². The summed E-state index contributed by atoms with van der Waals surface area (Å²) in [4.78, 5) is 4.39. The molecule has 1 atom stereocenters. The molecule has 0 radical (unpaired) electrons. The van der Waals surface area contributed by atoms with E-state index in [2.05, 4.69) is 36.2 Å². The molecule has 2 aromatic rings. The van der Waals surface area contributed by atoms with Gasteiger partial charge in [-0.1, -0.05) is 44.0 Å². The number of rotatable bonds is 7. The molecule has 0 aromatic carbocycles. The topological polar surface area (TPSA) is 42.7 Å². The van der Waals surface area contributed by atoms with Crippen LogP contribution in [0.4, 0.5) is 0 Å². The smallest absolute Gasteiger partial charge is 0.138 e. The highest BCUT2D eigenvalue weighted by Gasteiger charge is 2.20. The zero-order valence-corrected chi connectivity index (χ0v) is 14.8. The summed E-state index contributed by atoms with van der Waals surface area (Å²) in [6, 6.07) is 2.03. The van der Waals surface area contributed by atoms with Gasteiger partial charge in [0.1, 0.15) is 12.2 Å². The van der Waals surface area contributed by atoms with Crippen molar-refractivity contribution in [1.29, 1.82) is 0 Å². The predicted octanol–water partition coefficient (Wildman–Crippen LogP) is 4.20. The van der Waals surface area contributed by atoms with Crippen LogP contribution in [0.1, 0.15) is 38.2 Å². The lowest BCUT2D eigenvalue weighted by Gasteiger charge is -2.18. The summed E-state index contributed by atoms with van der Waals surface area (Å²) in [5.74, 6) is 1.50. The molecule has 7 heteroatoms. The number of hydrogen-bond acceptors (Lipinski definition) is 4. The fraction of sp³-hybridized carbons (Fsp3) is 0.571. The Morgan fingerprint density at radius 1 is 1.38 bits per heavy atom. The Morgan fingerprint density at radius 2 is 2.14 bits per heavy atom. The minimum Gasteiger partial charge on any atom is -0.310 e. The molecule has 0 saturated carbocycles. The maximum absolute atomic E-state index is 6.29. The number of nitrogens with one attached hydrogen (secondary N) is 1. The Morgan fingerprint density at radius 3 is 2.71 bits per heavy atom. The molecular formula is C14H20Cl2N4S. The predicted molar refractivity (Wildman–Crippen MR) is 89.3 cm³/mol. The SMILES string of the molecule is CCNC(Cc1ncnn1CC(C)C)c1cc(Cl)sc1Cl. The van der Waals surface area contributed by atoms with Crippen molar-refractivity contribution in [2.75, 3.05) is 6.54 Å².